The molecule has 0 aliphatic carbocycles. The fourth-order valence-corrected chi connectivity index (χ4v) is 5.59. The molecule has 2 aliphatic rings. The molecule has 2 saturated heterocycles. The molecule has 2 fully saturated rings. The van der Waals surface area contributed by atoms with Gasteiger partial charge in [0, 0.05) is 61.5 Å². The number of likely N-dealkylation sites (tertiary alicyclic amines) is 1. The molecular weight excluding hydrogens is 481 g/mol. The third-order valence-electron chi connectivity index (χ3n) is 6.85. The highest BCUT2D eigenvalue weighted by atomic mass is 32.1. The normalized spacial score (nSPS) is 19.1. The maximum atomic E-state index is 14.7. The van der Waals surface area contributed by atoms with Gasteiger partial charge >= 0.3 is 0 Å². The first kappa shape index (κ1) is 26.5. The Morgan fingerprint density at radius 2 is 1.97 bits per heavy atom. The van der Waals surface area contributed by atoms with E-state index < -0.39 is 11.9 Å². The fraction of sp³-hybridized carbons (Fsp3) is 0.615. The van der Waals surface area contributed by atoms with Gasteiger partial charge in [-0.3, -0.25) is 9.59 Å². The van der Waals surface area contributed by atoms with Gasteiger partial charge in [-0.25, -0.2) is 9.37 Å². The van der Waals surface area contributed by atoms with Gasteiger partial charge < -0.3 is 19.4 Å². The average molecular weight is 518 g/mol. The Morgan fingerprint density at radius 1 is 1.22 bits per heavy atom. The SMILES string of the molecule is CC(C)c1nsc(N2CCC(N3CCC(Oc4ccc(C(=O)CCCN(C)C)cc4F)C3=O)CC2)n1. The van der Waals surface area contributed by atoms with Gasteiger partial charge in [0.2, 0.25) is 5.13 Å². The molecule has 0 N–H and O–H groups in total. The average Bonchev–Trinajstić information content (AvgIpc) is 3.48. The maximum absolute atomic E-state index is 14.7. The minimum atomic E-state index is -0.698. The summed E-state index contributed by atoms with van der Waals surface area (Å²) in [6, 6.07) is 4.42. The Morgan fingerprint density at radius 3 is 2.61 bits per heavy atom. The summed E-state index contributed by atoms with van der Waals surface area (Å²) in [5, 5.41) is 0.946. The van der Waals surface area contributed by atoms with Crippen LogP contribution in [0.15, 0.2) is 18.2 Å². The number of ketones is 1. The summed E-state index contributed by atoms with van der Waals surface area (Å²) in [5.74, 6) is 0.417. The summed E-state index contributed by atoms with van der Waals surface area (Å²) < 4.78 is 25.0. The smallest absolute Gasteiger partial charge is 0.263 e. The highest BCUT2D eigenvalue weighted by Gasteiger charge is 2.39. The lowest BCUT2D eigenvalue weighted by atomic mass is 10.0. The molecule has 1 atom stereocenters. The molecule has 1 aromatic carbocycles. The van der Waals surface area contributed by atoms with E-state index in [1.165, 1.54) is 23.7 Å². The molecule has 2 aliphatic heterocycles. The minimum absolute atomic E-state index is 0.0205. The highest BCUT2D eigenvalue weighted by molar-refractivity contribution is 7.09. The second-order valence-corrected chi connectivity index (χ2v) is 10.9. The second-order valence-electron chi connectivity index (χ2n) is 10.2. The summed E-state index contributed by atoms with van der Waals surface area (Å²) in [4.78, 5) is 36.2. The van der Waals surface area contributed by atoms with Crippen molar-refractivity contribution in [3.63, 3.8) is 0 Å². The lowest BCUT2D eigenvalue weighted by Gasteiger charge is -2.36. The molecular formula is C26H36FN5O3S. The van der Waals surface area contributed by atoms with Gasteiger partial charge in [-0.2, -0.15) is 4.37 Å². The highest BCUT2D eigenvalue weighted by Crippen LogP contribution is 2.30. The van der Waals surface area contributed by atoms with Gasteiger partial charge in [0.1, 0.15) is 5.82 Å². The molecule has 0 radical (unpaired) electrons. The zero-order valence-electron chi connectivity index (χ0n) is 21.6. The van der Waals surface area contributed by atoms with Gasteiger partial charge in [-0.1, -0.05) is 13.8 Å². The van der Waals surface area contributed by atoms with Crippen LogP contribution in [-0.2, 0) is 4.79 Å². The van der Waals surface area contributed by atoms with Gasteiger partial charge in [-0.05, 0) is 58.1 Å². The molecule has 1 amide bonds. The molecule has 2 aromatic rings. The van der Waals surface area contributed by atoms with E-state index in [1.54, 1.807) is 6.07 Å². The third-order valence-corrected chi connectivity index (χ3v) is 7.64. The molecule has 0 bridgehead atoms. The zero-order valence-corrected chi connectivity index (χ0v) is 22.4. The van der Waals surface area contributed by atoms with Gasteiger partial charge in [0.25, 0.3) is 5.91 Å². The van der Waals surface area contributed by atoms with Crippen molar-refractivity contribution in [2.45, 2.75) is 64.0 Å². The summed E-state index contributed by atoms with van der Waals surface area (Å²) >= 11 is 1.43. The number of anilines is 1. The molecule has 1 aromatic heterocycles. The van der Waals surface area contributed by atoms with Gasteiger partial charge in [0.05, 0.1) is 0 Å². The first-order valence-electron chi connectivity index (χ1n) is 12.8. The van der Waals surface area contributed by atoms with Crippen molar-refractivity contribution < 1.29 is 18.7 Å². The van der Waals surface area contributed by atoms with Crippen LogP contribution < -0.4 is 9.64 Å². The monoisotopic (exact) mass is 517 g/mol. The second kappa shape index (κ2) is 11.6. The van der Waals surface area contributed by atoms with Crippen molar-refractivity contribution in [3.8, 4) is 5.75 Å². The zero-order chi connectivity index (χ0) is 25.8. The Hall–Kier alpha value is -2.59. The summed E-state index contributed by atoms with van der Waals surface area (Å²) in [6.07, 6.45) is 2.62. The molecule has 3 heterocycles. The van der Waals surface area contributed by atoms with Crippen LogP contribution in [0.5, 0.6) is 5.75 Å². The number of ether oxygens (including phenoxy) is 1. The number of carbonyl (C=O) groups excluding carboxylic acids is 2. The number of hydrogen-bond acceptors (Lipinski definition) is 8. The van der Waals surface area contributed by atoms with E-state index in [4.69, 9.17) is 4.74 Å². The Kier molecular flexibility index (Phi) is 8.56. The number of nitrogens with zero attached hydrogens (tertiary/aromatic N) is 5. The largest absolute Gasteiger partial charge is 0.477 e. The fourth-order valence-electron chi connectivity index (χ4n) is 4.73. The van der Waals surface area contributed by atoms with Crippen molar-refractivity contribution in [2.75, 3.05) is 45.2 Å². The molecule has 0 saturated carbocycles. The topological polar surface area (TPSA) is 78.9 Å². The van der Waals surface area contributed by atoms with E-state index >= 15 is 0 Å². The molecule has 196 valence electrons. The summed E-state index contributed by atoms with van der Waals surface area (Å²) in [7, 11) is 3.90. The molecule has 8 nitrogen and oxygen atoms in total. The minimum Gasteiger partial charge on any atom is -0.477 e. The van der Waals surface area contributed by atoms with Gasteiger partial charge in [0.15, 0.2) is 23.5 Å². The number of amides is 1. The molecule has 10 heteroatoms. The van der Waals surface area contributed by atoms with Crippen LogP contribution in [0.2, 0.25) is 0 Å². The van der Waals surface area contributed by atoms with Crippen LogP contribution in [0.25, 0.3) is 0 Å². The summed E-state index contributed by atoms with van der Waals surface area (Å²) in [5.41, 5.74) is 0.334. The van der Waals surface area contributed by atoms with Crippen LogP contribution in [0.1, 0.15) is 68.1 Å². The predicted octanol–water partition coefficient (Wildman–Crippen LogP) is 3.97. The number of benzene rings is 1. The van der Waals surface area contributed by atoms with Crippen molar-refractivity contribution in [2.24, 2.45) is 0 Å². The van der Waals surface area contributed by atoms with E-state index in [2.05, 4.69) is 28.1 Å². The van der Waals surface area contributed by atoms with E-state index in [0.29, 0.717) is 30.9 Å². The number of rotatable bonds is 10. The molecule has 1 unspecified atom stereocenters. The quantitative estimate of drug-likeness (QED) is 0.441. The van der Waals surface area contributed by atoms with Crippen LogP contribution >= 0.6 is 11.5 Å². The number of halogens is 1. The Bertz CT molecular complexity index is 1070. The standard InChI is InChI=1S/C26H36FN5O3S/c1-17(2)24-28-26(36-29-24)31-13-9-19(10-14-31)32-15-11-23(25(32)34)35-22-8-7-18(16-20(22)27)21(33)6-5-12-30(3)4/h7-8,16-17,19,23H,5-6,9-15H2,1-4H3. The number of Topliss-reactive ketones (excluding diaryl/α,β-unsaturated/α-hetero) is 1. The lowest BCUT2D eigenvalue weighted by Crippen LogP contribution is -2.47. The van der Waals surface area contributed by atoms with E-state index in [-0.39, 0.29) is 23.5 Å². The third kappa shape index (κ3) is 6.21. The Labute approximate surface area is 216 Å². The first-order chi connectivity index (χ1) is 17.2. The van der Waals surface area contributed by atoms with Crippen molar-refractivity contribution >= 4 is 28.4 Å². The molecule has 36 heavy (non-hydrogen) atoms. The van der Waals surface area contributed by atoms with E-state index in [1.807, 2.05) is 23.9 Å². The van der Waals surface area contributed by atoms with Crippen LogP contribution in [0.3, 0.4) is 0 Å². The number of hydrogen-bond donors (Lipinski definition) is 0. The Balaban J connectivity index is 1.29. The number of aromatic nitrogens is 2. The van der Waals surface area contributed by atoms with Crippen molar-refractivity contribution in [3.05, 3.63) is 35.4 Å². The predicted molar refractivity (Wildman–Crippen MR) is 138 cm³/mol. The van der Waals surface area contributed by atoms with E-state index in [0.717, 1.165) is 49.9 Å². The van der Waals surface area contributed by atoms with Crippen molar-refractivity contribution in [1.29, 1.82) is 0 Å². The lowest BCUT2D eigenvalue weighted by molar-refractivity contribution is -0.135. The van der Waals surface area contributed by atoms with E-state index in [9.17, 15) is 14.0 Å². The van der Waals surface area contributed by atoms with Crippen LogP contribution in [-0.4, -0.2) is 83.3 Å². The van der Waals surface area contributed by atoms with Crippen molar-refractivity contribution in [1.82, 2.24) is 19.2 Å². The summed E-state index contributed by atoms with van der Waals surface area (Å²) in [6.45, 7) is 7.23. The first-order valence-corrected chi connectivity index (χ1v) is 13.5. The molecule has 0 spiro atoms. The van der Waals surface area contributed by atoms with Crippen LogP contribution in [0, 0.1) is 5.82 Å². The number of carbonyl (C=O) groups is 2. The van der Waals surface area contributed by atoms with Crippen LogP contribution in [0.4, 0.5) is 9.52 Å². The maximum Gasteiger partial charge on any atom is 0.263 e. The number of piperidine rings is 1. The van der Waals surface area contributed by atoms with Gasteiger partial charge in [-0.15, -0.1) is 0 Å². The molecule has 4 rings (SSSR count).